The fourth-order valence-corrected chi connectivity index (χ4v) is 1.57. The molecule has 1 amide bonds. The molecule has 1 aliphatic rings. The fourth-order valence-electron chi connectivity index (χ4n) is 1.57. The van der Waals surface area contributed by atoms with Gasteiger partial charge in [-0.3, -0.25) is 4.79 Å². The molecule has 3 nitrogen and oxygen atoms in total. The molecule has 0 unspecified atom stereocenters. The van der Waals surface area contributed by atoms with Crippen LogP contribution < -0.4 is 10.6 Å². The minimum atomic E-state index is -0.198. The minimum absolute atomic E-state index is 0.00407. The molecular weight excluding hydrogens is 176 g/mol. The highest BCUT2D eigenvalue weighted by Gasteiger charge is 2.25. The highest BCUT2D eigenvalue weighted by atomic mass is 16.1. The summed E-state index contributed by atoms with van der Waals surface area (Å²) < 4.78 is 0. The van der Waals surface area contributed by atoms with Crippen molar-refractivity contribution in [3.05, 3.63) is 29.8 Å². The zero-order valence-corrected chi connectivity index (χ0v) is 8.42. The van der Waals surface area contributed by atoms with Crippen LogP contribution in [0.1, 0.15) is 24.2 Å². The Morgan fingerprint density at radius 2 is 2.00 bits per heavy atom. The molecular formula is C11H14N2O. The molecule has 0 aromatic heterocycles. The van der Waals surface area contributed by atoms with Crippen molar-refractivity contribution in [1.82, 2.24) is 5.32 Å². The average Bonchev–Trinajstić information content (AvgIpc) is 2.24. The van der Waals surface area contributed by atoms with Crippen molar-refractivity contribution in [2.45, 2.75) is 19.4 Å². The van der Waals surface area contributed by atoms with Crippen LogP contribution in [0.25, 0.3) is 0 Å². The van der Waals surface area contributed by atoms with Gasteiger partial charge in [-0.1, -0.05) is 12.1 Å². The molecule has 0 bridgehead atoms. The lowest BCUT2D eigenvalue weighted by Crippen LogP contribution is -2.46. The van der Waals surface area contributed by atoms with Gasteiger partial charge in [-0.25, -0.2) is 0 Å². The summed E-state index contributed by atoms with van der Waals surface area (Å²) in [5, 5.41) is 6.24. The van der Waals surface area contributed by atoms with Crippen molar-refractivity contribution in [3.63, 3.8) is 0 Å². The second-order valence-corrected chi connectivity index (χ2v) is 4.24. The first-order valence-electron chi connectivity index (χ1n) is 4.74. The van der Waals surface area contributed by atoms with E-state index in [1.807, 2.05) is 38.1 Å². The van der Waals surface area contributed by atoms with Gasteiger partial charge in [0.15, 0.2) is 0 Å². The van der Waals surface area contributed by atoms with E-state index in [0.717, 1.165) is 17.8 Å². The number of anilines is 1. The van der Waals surface area contributed by atoms with Gasteiger partial charge in [-0.05, 0) is 26.0 Å². The van der Waals surface area contributed by atoms with Crippen LogP contribution in [-0.4, -0.2) is 18.0 Å². The van der Waals surface area contributed by atoms with Crippen LogP contribution in [0.15, 0.2) is 24.3 Å². The van der Waals surface area contributed by atoms with Crippen molar-refractivity contribution in [1.29, 1.82) is 0 Å². The Bertz CT molecular complexity index is 371. The molecule has 0 saturated carbocycles. The van der Waals surface area contributed by atoms with Crippen LogP contribution in [0, 0.1) is 0 Å². The normalized spacial score (nSPS) is 18.9. The number of carbonyl (C=O) groups excluding carboxylic acids is 1. The van der Waals surface area contributed by atoms with Gasteiger partial charge in [0.25, 0.3) is 5.91 Å². The molecule has 0 atom stereocenters. The van der Waals surface area contributed by atoms with E-state index in [1.54, 1.807) is 0 Å². The smallest absolute Gasteiger partial charge is 0.253 e. The second-order valence-electron chi connectivity index (χ2n) is 4.24. The summed E-state index contributed by atoms with van der Waals surface area (Å²) in [5.41, 5.74) is 1.43. The van der Waals surface area contributed by atoms with Crippen LogP contribution in [0.3, 0.4) is 0 Å². The predicted octanol–water partition coefficient (Wildman–Crippen LogP) is 1.62. The van der Waals surface area contributed by atoms with Gasteiger partial charge in [0, 0.05) is 12.2 Å². The summed E-state index contributed by atoms with van der Waals surface area (Å²) in [7, 11) is 0. The Kier molecular flexibility index (Phi) is 1.95. The molecule has 1 aliphatic heterocycles. The summed E-state index contributed by atoms with van der Waals surface area (Å²) in [5.74, 6) is -0.00407. The average molecular weight is 190 g/mol. The number of nitrogens with one attached hydrogen (secondary N) is 2. The largest absolute Gasteiger partial charge is 0.382 e. The Balaban J connectivity index is 2.41. The fraction of sp³-hybridized carbons (Fsp3) is 0.364. The molecule has 0 spiro atoms. The molecule has 74 valence electrons. The van der Waals surface area contributed by atoms with E-state index < -0.39 is 0 Å². The third kappa shape index (κ3) is 1.58. The molecule has 0 radical (unpaired) electrons. The molecule has 2 N–H and O–H groups in total. The summed E-state index contributed by atoms with van der Waals surface area (Å²) in [6.45, 7) is 4.75. The maximum Gasteiger partial charge on any atom is 0.253 e. The van der Waals surface area contributed by atoms with Crippen molar-refractivity contribution < 1.29 is 4.79 Å². The lowest BCUT2D eigenvalue weighted by Gasteiger charge is -2.23. The summed E-state index contributed by atoms with van der Waals surface area (Å²) in [4.78, 5) is 11.8. The zero-order valence-electron chi connectivity index (χ0n) is 8.42. The first-order valence-corrected chi connectivity index (χ1v) is 4.74. The van der Waals surface area contributed by atoms with E-state index in [-0.39, 0.29) is 11.4 Å². The lowest BCUT2D eigenvalue weighted by molar-refractivity contribution is 0.0922. The zero-order chi connectivity index (χ0) is 10.2. The molecule has 1 aromatic carbocycles. The van der Waals surface area contributed by atoms with E-state index in [9.17, 15) is 4.79 Å². The highest BCUT2D eigenvalue weighted by Crippen LogP contribution is 2.20. The number of amides is 1. The van der Waals surface area contributed by atoms with E-state index in [2.05, 4.69) is 10.6 Å². The van der Waals surface area contributed by atoms with Gasteiger partial charge < -0.3 is 10.6 Å². The predicted molar refractivity (Wildman–Crippen MR) is 56.5 cm³/mol. The Hall–Kier alpha value is -1.51. The maximum absolute atomic E-state index is 11.8. The summed E-state index contributed by atoms with van der Waals surface area (Å²) in [6, 6.07) is 7.56. The van der Waals surface area contributed by atoms with Gasteiger partial charge >= 0.3 is 0 Å². The van der Waals surface area contributed by atoms with Crippen LogP contribution >= 0.6 is 0 Å². The van der Waals surface area contributed by atoms with Crippen molar-refractivity contribution in [2.24, 2.45) is 0 Å². The number of carbonyl (C=O) groups is 1. The molecule has 0 saturated heterocycles. The van der Waals surface area contributed by atoms with Crippen LogP contribution in [-0.2, 0) is 0 Å². The number of hydrogen-bond donors (Lipinski definition) is 2. The number of fused-ring (bicyclic) bond motifs is 1. The molecule has 0 fully saturated rings. The van der Waals surface area contributed by atoms with Gasteiger partial charge in [0.2, 0.25) is 0 Å². The molecule has 1 heterocycles. The Labute approximate surface area is 83.5 Å². The lowest BCUT2D eigenvalue weighted by atomic mass is 10.1. The quantitative estimate of drug-likeness (QED) is 0.652. The monoisotopic (exact) mass is 190 g/mol. The SMILES string of the molecule is CC1(C)CNc2ccccc2C(=O)N1. The van der Waals surface area contributed by atoms with Gasteiger partial charge in [-0.15, -0.1) is 0 Å². The summed E-state index contributed by atoms with van der Waals surface area (Å²) >= 11 is 0. The molecule has 2 rings (SSSR count). The van der Waals surface area contributed by atoms with Crippen LogP contribution in [0.4, 0.5) is 5.69 Å². The van der Waals surface area contributed by atoms with Crippen molar-refractivity contribution >= 4 is 11.6 Å². The highest BCUT2D eigenvalue weighted by molar-refractivity contribution is 6.00. The number of benzene rings is 1. The van der Waals surface area contributed by atoms with E-state index in [4.69, 9.17) is 0 Å². The first-order chi connectivity index (χ1) is 6.58. The standard InChI is InChI=1S/C11H14N2O/c1-11(2)7-12-9-6-4-3-5-8(9)10(14)13-11/h3-6,12H,7H2,1-2H3,(H,13,14). The third-order valence-electron chi connectivity index (χ3n) is 2.34. The number of para-hydroxylation sites is 1. The van der Waals surface area contributed by atoms with Crippen LogP contribution in [0.2, 0.25) is 0 Å². The van der Waals surface area contributed by atoms with Gasteiger partial charge in [0.1, 0.15) is 0 Å². The van der Waals surface area contributed by atoms with Gasteiger partial charge in [-0.2, -0.15) is 0 Å². The maximum atomic E-state index is 11.8. The third-order valence-corrected chi connectivity index (χ3v) is 2.34. The van der Waals surface area contributed by atoms with Crippen LogP contribution in [0.5, 0.6) is 0 Å². The Morgan fingerprint density at radius 1 is 1.29 bits per heavy atom. The minimum Gasteiger partial charge on any atom is -0.382 e. The molecule has 3 heteroatoms. The molecule has 1 aromatic rings. The summed E-state index contributed by atoms with van der Waals surface area (Å²) in [6.07, 6.45) is 0. The Morgan fingerprint density at radius 3 is 2.79 bits per heavy atom. The van der Waals surface area contributed by atoms with E-state index >= 15 is 0 Å². The second kappa shape index (κ2) is 3.01. The van der Waals surface area contributed by atoms with Gasteiger partial charge in [0.05, 0.1) is 11.1 Å². The number of rotatable bonds is 0. The van der Waals surface area contributed by atoms with E-state index in [1.165, 1.54) is 0 Å². The molecule has 14 heavy (non-hydrogen) atoms. The van der Waals surface area contributed by atoms with Crippen molar-refractivity contribution in [3.8, 4) is 0 Å². The molecule has 0 aliphatic carbocycles. The first kappa shape index (κ1) is 9.06. The number of hydrogen-bond acceptors (Lipinski definition) is 2. The van der Waals surface area contributed by atoms with E-state index in [0.29, 0.717) is 0 Å². The van der Waals surface area contributed by atoms with Crippen molar-refractivity contribution in [2.75, 3.05) is 11.9 Å². The topological polar surface area (TPSA) is 41.1 Å².